The normalized spacial score (nSPS) is 23.5. The van der Waals surface area contributed by atoms with Gasteiger partial charge in [-0.15, -0.1) is 0 Å². The van der Waals surface area contributed by atoms with E-state index in [4.69, 9.17) is 19.4 Å². The van der Waals surface area contributed by atoms with Crippen LogP contribution in [0.5, 0.6) is 0 Å². The lowest BCUT2D eigenvalue weighted by Crippen LogP contribution is -2.51. The van der Waals surface area contributed by atoms with E-state index >= 15 is 0 Å². The number of fused-ring (bicyclic) bond motifs is 1. The Hall–Kier alpha value is -2.17. The molecule has 1 aromatic rings. The molecule has 1 saturated heterocycles. The van der Waals surface area contributed by atoms with Gasteiger partial charge in [0.2, 0.25) is 5.91 Å². The Morgan fingerprint density at radius 2 is 1.90 bits per heavy atom. The zero-order valence-corrected chi connectivity index (χ0v) is 17.9. The first-order valence-electron chi connectivity index (χ1n) is 10.0. The van der Waals surface area contributed by atoms with E-state index < -0.39 is 12.1 Å². The summed E-state index contributed by atoms with van der Waals surface area (Å²) < 4.78 is 43.6. The lowest BCUT2D eigenvalue weighted by atomic mass is 10.1. The fourth-order valence-electron chi connectivity index (χ4n) is 3.68. The molecule has 0 bridgehead atoms. The topological polar surface area (TPSA) is 79.3 Å². The zero-order chi connectivity index (χ0) is 23.2. The number of likely N-dealkylation sites (N-methyl/N-ethyl adjacent to an activating group) is 1. The van der Waals surface area contributed by atoms with Crippen LogP contribution in [0.25, 0.3) is 0 Å². The molecule has 1 saturated carbocycles. The van der Waals surface area contributed by atoms with E-state index in [-0.39, 0.29) is 24.7 Å². The van der Waals surface area contributed by atoms with Gasteiger partial charge in [0, 0.05) is 33.2 Å². The van der Waals surface area contributed by atoms with Gasteiger partial charge < -0.3 is 19.5 Å². The summed E-state index contributed by atoms with van der Waals surface area (Å²) in [5, 5.41) is 7.12. The molecule has 3 atom stereocenters. The number of aliphatic carboxylic acids is 1. The minimum atomic E-state index is -5.08. The second kappa shape index (κ2) is 10.9. The van der Waals surface area contributed by atoms with Gasteiger partial charge in [-0.1, -0.05) is 24.3 Å². The molecule has 1 amide bonds. The highest BCUT2D eigenvalue weighted by Gasteiger charge is 2.43. The number of benzene rings is 1. The number of rotatable bonds is 5. The van der Waals surface area contributed by atoms with Gasteiger partial charge in [-0.05, 0) is 30.9 Å². The molecule has 31 heavy (non-hydrogen) atoms. The highest BCUT2D eigenvalue weighted by Crippen LogP contribution is 2.33. The summed E-state index contributed by atoms with van der Waals surface area (Å²) in [5.74, 6) is -2.75. The zero-order valence-electron chi connectivity index (χ0n) is 17.9. The van der Waals surface area contributed by atoms with Gasteiger partial charge in [0.1, 0.15) is 6.61 Å². The number of ether oxygens (including phenoxy) is 2. The molecule has 174 valence electrons. The van der Waals surface area contributed by atoms with Gasteiger partial charge in [-0.25, -0.2) is 4.79 Å². The molecule has 2 aliphatic rings. The van der Waals surface area contributed by atoms with E-state index in [0.29, 0.717) is 6.04 Å². The maximum Gasteiger partial charge on any atom is 0.490 e. The first-order valence-corrected chi connectivity index (χ1v) is 10.0. The number of carboxylic acids is 1. The third kappa shape index (κ3) is 7.19. The number of amides is 1. The number of alkyl halides is 3. The average Bonchev–Trinajstić information content (AvgIpc) is 3.11. The average molecular weight is 446 g/mol. The lowest BCUT2D eigenvalue weighted by molar-refractivity contribution is -0.192. The minimum Gasteiger partial charge on any atom is -0.475 e. The van der Waals surface area contributed by atoms with Crippen LogP contribution in [0.4, 0.5) is 13.2 Å². The first kappa shape index (κ1) is 25.1. The molecule has 0 unspecified atom stereocenters. The van der Waals surface area contributed by atoms with Crippen LogP contribution in [-0.2, 0) is 25.6 Å². The van der Waals surface area contributed by atoms with Crippen molar-refractivity contribution >= 4 is 11.9 Å². The van der Waals surface area contributed by atoms with E-state index in [1.54, 1.807) is 19.0 Å². The highest BCUT2D eigenvalue weighted by atomic mass is 19.4. The maximum atomic E-state index is 11.8. The van der Waals surface area contributed by atoms with Crippen molar-refractivity contribution in [1.82, 2.24) is 9.80 Å². The molecule has 0 radical (unpaired) electrons. The quantitative estimate of drug-likeness (QED) is 0.749. The molecule has 0 spiro atoms. The molecule has 1 N–H and O–H groups in total. The van der Waals surface area contributed by atoms with Crippen molar-refractivity contribution in [1.29, 1.82) is 0 Å². The van der Waals surface area contributed by atoms with Crippen LogP contribution >= 0.6 is 0 Å². The minimum absolute atomic E-state index is 0.00558. The van der Waals surface area contributed by atoms with Crippen LogP contribution in [-0.4, -0.2) is 85.1 Å². The first-order chi connectivity index (χ1) is 14.5. The van der Waals surface area contributed by atoms with Gasteiger partial charge >= 0.3 is 12.1 Å². The van der Waals surface area contributed by atoms with E-state index in [2.05, 4.69) is 36.1 Å². The number of hydrogen-bond acceptors (Lipinski definition) is 5. The Bertz CT molecular complexity index is 757. The molecule has 0 aromatic heterocycles. The Morgan fingerprint density at radius 3 is 2.48 bits per heavy atom. The van der Waals surface area contributed by atoms with Crippen LogP contribution in [0.15, 0.2) is 24.3 Å². The Labute approximate surface area is 179 Å². The second-order valence-electron chi connectivity index (χ2n) is 7.82. The predicted molar refractivity (Wildman–Crippen MR) is 106 cm³/mol. The monoisotopic (exact) mass is 446 g/mol. The number of carbonyl (C=O) groups excluding carboxylic acids is 1. The van der Waals surface area contributed by atoms with Gasteiger partial charge in [-0.3, -0.25) is 9.69 Å². The third-order valence-corrected chi connectivity index (χ3v) is 5.45. The summed E-state index contributed by atoms with van der Waals surface area (Å²) >= 11 is 0. The van der Waals surface area contributed by atoms with Crippen molar-refractivity contribution in [3.8, 4) is 0 Å². The number of nitrogens with zero attached hydrogens (tertiary/aromatic N) is 2. The largest absolute Gasteiger partial charge is 0.490 e. The number of halogens is 3. The molecule has 3 rings (SSSR count). The van der Waals surface area contributed by atoms with Gasteiger partial charge in [-0.2, -0.15) is 13.2 Å². The van der Waals surface area contributed by atoms with Crippen LogP contribution in [0.2, 0.25) is 0 Å². The summed E-state index contributed by atoms with van der Waals surface area (Å²) in [6.45, 7) is 4.96. The third-order valence-electron chi connectivity index (χ3n) is 5.45. The smallest absolute Gasteiger partial charge is 0.475 e. The molecule has 1 heterocycles. The van der Waals surface area contributed by atoms with Gasteiger partial charge in [0.15, 0.2) is 0 Å². The fraction of sp³-hybridized carbons (Fsp3) is 0.619. The number of carbonyl (C=O) groups is 2. The van der Waals surface area contributed by atoms with Crippen molar-refractivity contribution in [2.45, 2.75) is 50.7 Å². The van der Waals surface area contributed by atoms with Gasteiger partial charge in [0.05, 0.1) is 18.8 Å². The predicted octanol–water partition coefficient (Wildman–Crippen LogP) is 2.46. The number of carboxylic acid groups (broad SMARTS) is 1. The van der Waals surface area contributed by atoms with E-state index in [9.17, 15) is 18.0 Å². The van der Waals surface area contributed by atoms with Crippen molar-refractivity contribution in [3.05, 3.63) is 35.4 Å². The Kier molecular flexibility index (Phi) is 8.84. The molecule has 10 heteroatoms. The second-order valence-corrected chi connectivity index (χ2v) is 7.82. The van der Waals surface area contributed by atoms with Crippen LogP contribution < -0.4 is 0 Å². The maximum absolute atomic E-state index is 11.8. The molecule has 1 aliphatic carbocycles. The van der Waals surface area contributed by atoms with Crippen molar-refractivity contribution < 1.29 is 37.3 Å². The van der Waals surface area contributed by atoms with E-state index in [1.807, 2.05) is 0 Å². The number of hydrogen-bond donors (Lipinski definition) is 1. The molecule has 1 aliphatic heterocycles. The number of morpholine rings is 1. The van der Waals surface area contributed by atoms with Crippen molar-refractivity contribution in [2.75, 3.05) is 33.9 Å². The summed E-state index contributed by atoms with van der Waals surface area (Å²) in [5.41, 5.74) is 2.72. The highest BCUT2D eigenvalue weighted by molar-refractivity contribution is 5.76. The molecule has 7 nitrogen and oxygen atoms in total. The van der Waals surface area contributed by atoms with Crippen LogP contribution in [0, 0.1) is 6.92 Å². The summed E-state index contributed by atoms with van der Waals surface area (Å²) in [7, 11) is 3.51. The fourth-order valence-corrected chi connectivity index (χ4v) is 3.68. The van der Waals surface area contributed by atoms with Gasteiger partial charge in [0.25, 0.3) is 0 Å². The van der Waals surface area contributed by atoms with E-state index in [1.165, 1.54) is 11.1 Å². The summed E-state index contributed by atoms with van der Waals surface area (Å²) in [6.07, 6.45) is -2.95. The molecular formula is C21H29F3N2O5. The van der Waals surface area contributed by atoms with E-state index in [0.717, 1.165) is 32.5 Å². The van der Waals surface area contributed by atoms with Crippen LogP contribution in [0.3, 0.4) is 0 Å². The standard InChI is InChI=1S/C19H28N2O3.C2HF3O2/c1-14-6-4-5-7-15(14)12-21-10-11-23-19-16(21)8-9-17(19)24-13-18(22)20(2)3;3-2(4,5)1(6)7/h4-7,16-17,19H,8-13H2,1-3H3;(H,6,7)/t16-,17+,19+;/m0./s1. The summed E-state index contributed by atoms with van der Waals surface area (Å²) in [4.78, 5) is 24.7. The SMILES string of the molecule is Cc1ccccc1CN1CCO[C@H]2[C@H](OCC(=O)N(C)C)CC[C@@H]21.O=C(O)C(F)(F)F. The number of aryl methyl sites for hydroxylation is 1. The molecule has 2 fully saturated rings. The molecule has 1 aromatic carbocycles. The van der Waals surface area contributed by atoms with Crippen molar-refractivity contribution in [2.24, 2.45) is 0 Å². The molecular weight excluding hydrogens is 417 g/mol. The lowest BCUT2D eigenvalue weighted by Gasteiger charge is -2.39. The Balaban J connectivity index is 0.000000423. The Morgan fingerprint density at radius 1 is 1.26 bits per heavy atom. The summed E-state index contributed by atoms with van der Waals surface area (Å²) in [6, 6.07) is 8.95. The van der Waals surface area contributed by atoms with Crippen LogP contribution in [0.1, 0.15) is 24.0 Å². The van der Waals surface area contributed by atoms with Crippen molar-refractivity contribution in [3.63, 3.8) is 0 Å².